The Hall–Kier alpha value is -1.58. The minimum Gasteiger partial charge on any atom is -0.469 e. The Kier molecular flexibility index (Phi) is 5.19. The number of ether oxygens (including phenoxy) is 1. The molecule has 0 bridgehead atoms. The first kappa shape index (κ1) is 16.3. The molecule has 3 rings (SSSR count). The van der Waals surface area contributed by atoms with E-state index in [-0.39, 0.29) is 5.60 Å². The maximum absolute atomic E-state index is 5.80. The molecule has 1 N–H and O–H groups in total. The second-order valence-electron chi connectivity index (χ2n) is 7.02. The molecule has 0 amide bonds. The van der Waals surface area contributed by atoms with Gasteiger partial charge in [0.25, 0.3) is 0 Å². The number of hydrogen-bond acceptors (Lipinski definition) is 3. The summed E-state index contributed by atoms with van der Waals surface area (Å²) in [5.41, 5.74) is 1.31. The molecular weight excluding hydrogens is 286 g/mol. The van der Waals surface area contributed by atoms with Crippen LogP contribution in [0.15, 0.2) is 53.1 Å². The van der Waals surface area contributed by atoms with Gasteiger partial charge >= 0.3 is 0 Å². The zero-order valence-corrected chi connectivity index (χ0v) is 14.1. The topological polar surface area (TPSA) is 34.4 Å². The molecule has 3 nitrogen and oxygen atoms in total. The van der Waals surface area contributed by atoms with Crippen LogP contribution in [0.3, 0.4) is 0 Å². The monoisotopic (exact) mass is 313 g/mol. The van der Waals surface area contributed by atoms with E-state index < -0.39 is 0 Å². The fourth-order valence-electron chi connectivity index (χ4n) is 3.49. The van der Waals surface area contributed by atoms with Crippen molar-refractivity contribution < 1.29 is 9.15 Å². The molecule has 1 saturated heterocycles. The SMILES string of the molecule is CC1(C)C[C@@H](NCC[C@H](c2ccccc2)c2ccco2)CCO1. The number of benzene rings is 1. The van der Waals surface area contributed by atoms with Gasteiger partial charge in [-0.1, -0.05) is 30.3 Å². The van der Waals surface area contributed by atoms with Gasteiger partial charge < -0.3 is 14.5 Å². The van der Waals surface area contributed by atoms with Crippen LogP contribution in [-0.4, -0.2) is 24.8 Å². The number of rotatable bonds is 6. The largest absolute Gasteiger partial charge is 0.469 e. The van der Waals surface area contributed by atoms with E-state index in [2.05, 4.69) is 55.6 Å². The highest BCUT2D eigenvalue weighted by Crippen LogP contribution is 2.28. The third-order valence-electron chi connectivity index (χ3n) is 4.65. The van der Waals surface area contributed by atoms with Gasteiger partial charge in [0.2, 0.25) is 0 Å². The van der Waals surface area contributed by atoms with Crippen molar-refractivity contribution in [3.8, 4) is 0 Å². The fourth-order valence-corrected chi connectivity index (χ4v) is 3.49. The molecule has 2 heterocycles. The third kappa shape index (κ3) is 4.46. The normalized spacial score (nSPS) is 21.9. The van der Waals surface area contributed by atoms with Crippen LogP contribution in [0.5, 0.6) is 0 Å². The van der Waals surface area contributed by atoms with Crippen LogP contribution in [0, 0.1) is 0 Å². The summed E-state index contributed by atoms with van der Waals surface area (Å²) in [6, 6.07) is 15.2. The Bertz CT molecular complexity index is 577. The van der Waals surface area contributed by atoms with Gasteiger partial charge in [-0.2, -0.15) is 0 Å². The quantitative estimate of drug-likeness (QED) is 0.861. The summed E-state index contributed by atoms with van der Waals surface area (Å²) in [4.78, 5) is 0. The molecule has 1 aliphatic rings. The predicted molar refractivity (Wildman–Crippen MR) is 92.7 cm³/mol. The lowest BCUT2D eigenvalue weighted by molar-refractivity contribution is -0.0628. The van der Waals surface area contributed by atoms with Crippen LogP contribution in [0.2, 0.25) is 0 Å². The first-order valence-electron chi connectivity index (χ1n) is 8.60. The highest BCUT2D eigenvalue weighted by molar-refractivity contribution is 5.27. The van der Waals surface area contributed by atoms with Crippen molar-refractivity contribution in [2.24, 2.45) is 0 Å². The second kappa shape index (κ2) is 7.33. The van der Waals surface area contributed by atoms with Crippen LogP contribution < -0.4 is 5.32 Å². The van der Waals surface area contributed by atoms with Gasteiger partial charge in [0.05, 0.1) is 11.9 Å². The van der Waals surface area contributed by atoms with Crippen LogP contribution in [0.25, 0.3) is 0 Å². The summed E-state index contributed by atoms with van der Waals surface area (Å²) < 4.78 is 11.5. The minimum absolute atomic E-state index is 0.00421. The van der Waals surface area contributed by atoms with E-state index in [0.29, 0.717) is 12.0 Å². The summed E-state index contributed by atoms with van der Waals surface area (Å²) in [5.74, 6) is 1.36. The van der Waals surface area contributed by atoms with Gasteiger partial charge in [-0.05, 0) is 57.4 Å². The lowest BCUT2D eigenvalue weighted by atomic mass is 9.91. The molecule has 1 fully saturated rings. The smallest absolute Gasteiger partial charge is 0.111 e. The van der Waals surface area contributed by atoms with Crippen molar-refractivity contribution >= 4 is 0 Å². The second-order valence-corrected chi connectivity index (χ2v) is 7.02. The molecule has 2 aromatic rings. The Morgan fingerprint density at radius 2 is 2.00 bits per heavy atom. The summed E-state index contributed by atoms with van der Waals surface area (Å²) in [5, 5.41) is 3.72. The van der Waals surface area contributed by atoms with Gasteiger partial charge in [0, 0.05) is 18.6 Å². The molecule has 2 atom stereocenters. The highest BCUT2D eigenvalue weighted by Gasteiger charge is 2.28. The van der Waals surface area contributed by atoms with Gasteiger partial charge in [-0.3, -0.25) is 0 Å². The number of nitrogens with one attached hydrogen (secondary N) is 1. The zero-order chi connectivity index (χ0) is 16.1. The van der Waals surface area contributed by atoms with Crippen LogP contribution in [0.4, 0.5) is 0 Å². The number of hydrogen-bond donors (Lipinski definition) is 1. The molecule has 0 saturated carbocycles. The molecule has 124 valence electrons. The molecule has 0 unspecified atom stereocenters. The van der Waals surface area contributed by atoms with E-state index in [0.717, 1.165) is 38.2 Å². The average molecular weight is 313 g/mol. The lowest BCUT2D eigenvalue weighted by Gasteiger charge is -2.36. The molecule has 0 aliphatic carbocycles. The molecule has 1 aromatic carbocycles. The van der Waals surface area contributed by atoms with E-state index >= 15 is 0 Å². The summed E-state index contributed by atoms with van der Waals surface area (Å²) in [6.45, 7) is 6.19. The predicted octanol–water partition coefficient (Wildman–Crippen LogP) is 4.35. The van der Waals surface area contributed by atoms with Crippen LogP contribution in [-0.2, 0) is 4.74 Å². The Balaban J connectivity index is 1.59. The lowest BCUT2D eigenvalue weighted by Crippen LogP contribution is -2.44. The molecule has 0 spiro atoms. The van der Waals surface area contributed by atoms with E-state index in [1.807, 2.05) is 6.07 Å². The maximum Gasteiger partial charge on any atom is 0.111 e. The van der Waals surface area contributed by atoms with Gasteiger partial charge in [0.1, 0.15) is 5.76 Å². The molecule has 1 aromatic heterocycles. The first-order valence-corrected chi connectivity index (χ1v) is 8.60. The Morgan fingerprint density at radius 1 is 1.17 bits per heavy atom. The van der Waals surface area contributed by atoms with Crippen molar-refractivity contribution in [2.45, 2.75) is 50.7 Å². The van der Waals surface area contributed by atoms with Crippen molar-refractivity contribution in [1.82, 2.24) is 5.32 Å². The molecule has 3 heteroatoms. The van der Waals surface area contributed by atoms with Crippen LogP contribution in [0.1, 0.15) is 50.4 Å². The summed E-state index contributed by atoms with van der Waals surface area (Å²) in [7, 11) is 0. The van der Waals surface area contributed by atoms with Crippen molar-refractivity contribution in [3.05, 3.63) is 60.1 Å². The number of furan rings is 1. The van der Waals surface area contributed by atoms with Crippen molar-refractivity contribution in [2.75, 3.05) is 13.2 Å². The highest BCUT2D eigenvalue weighted by atomic mass is 16.5. The molecule has 0 radical (unpaired) electrons. The van der Waals surface area contributed by atoms with E-state index in [4.69, 9.17) is 9.15 Å². The minimum atomic E-state index is -0.00421. The van der Waals surface area contributed by atoms with E-state index in [1.54, 1.807) is 6.26 Å². The average Bonchev–Trinajstić information content (AvgIpc) is 3.05. The fraction of sp³-hybridized carbons (Fsp3) is 0.500. The standard InChI is InChI=1S/C20H27NO2/c1-20(2)15-17(11-14-23-20)21-12-10-18(19-9-6-13-22-19)16-7-4-3-5-8-16/h3-9,13,17-18,21H,10-12,14-15H2,1-2H3/t17-,18+/m0/s1. The first-order chi connectivity index (χ1) is 11.1. The van der Waals surface area contributed by atoms with Crippen LogP contribution >= 0.6 is 0 Å². The molecular formula is C20H27NO2. The van der Waals surface area contributed by atoms with Gasteiger partial charge in [0.15, 0.2) is 0 Å². The Morgan fingerprint density at radius 3 is 2.70 bits per heavy atom. The van der Waals surface area contributed by atoms with Crippen molar-refractivity contribution in [3.63, 3.8) is 0 Å². The Labute approximate surface area is 139 Å². The summed E-state index contributed by atoms with van der Waals surface area (Å²) >= 11 is 0. The van der Waals surface area contributed by atoms with Gasteiger partial charge in [-0.15, -0.1) is 0 Å². The van der Waals surface area contributed by atoms with E-state index in [9.17, 15) is 0 Å². The zero-order valence-electron chi connectivity index (χ0n) is 14.1. The molecule has 23 heavy (non-hydrogen) atoms. The van der Waals surface area contributed by atoms with E-state index in [1.165, 1.54) is 5.56 Å². The van der Waals surface area contributed by atoms with Crippen molar-refractivity contribution in [1.29, 1.82) is 0 Å². The molecule has 1 aliphatic heterocycles. The summed E-state index contributed by atoms with van der Waals surface area (Å²) in [6.07, 6.45) is 4.97. The third-order valence-corrected chi connectivity index (χ3v) is 4.65. The van der Waals surface area contributed by atoms with Gasteiger partial charge in [-0.25, -0.2) is 0 Å². The maximum atomic E-state index is 5.80.